The maximum absolute atomic E-state index is 9.78. The van der Waals surface area contributed by atoms with E-state index in [9.17, 15) is 5.21 Å². The summed E-state index contributed by atoms with van der Waals surface area (Å²) in [5.74, 6) is 48.9. The standard InChI is InChI=1S/CH20N16O9/c2-11-1-12(3,20-11)21-16(9)25-15(8,18)22-14(6,7)24-17(10,26-16)23-13(4,5)19-1/h1,18H,2-10H2/q+6/t1-,12?,15?,16?,17?/m1/s1. The second-order valence-corrected chi connectivity index (χ2v) is 4.94. The topological polar surface area (TPSA) is 331 Å². The quantitative estimate of drug-likeness (QED) is 0.133. The van der Waals surface area contributed by atoms with E-state index in [0.717, 1.165) is 0 Å². The fourth-order valence-corrected chi connectivity index (χ4v) is 1.84. The Morgan fingerprint density at radius 1 is 0.692 bits per heavy atom. The van der Waals surface area contributed by atoms with Gasteiger partial charge in [-0.3, -0.25) is 0 Å². The van der Waals surface area contributed by atoms with Gasteiger partial charge in [-0.2, -0.15) is 0 Å². The van der Waals surface area contributed by atoms with Crippen LogP contribution < -0.4 is 52.6 Å². The van der Waals surface area contributed by atoms with Crippen molar-refractivity contribution in [3.05, 3.63) is 0 Å². The van der Waals surface area contributed by atoms with Crippen LogP contribution in [0.5, 0.6) is 0 Å². The summed E-state index contributed by atoms with van der Waals surface area (Å²) in [5.41, 5.74) is 0. The van der Waals surface area contributed by atoms with Crippen LogP contribution >= 0.6 is 0 Å². The molecule has 3 saturated heterocycles. The molecule has 19 N–H and O–H groups in total. The largest absolute Gasteiger partial charge is 0.440 e. The zero-order valence-corrected chi connectivity index (χ0v) is 12.6. The second kappa shape index (κ2) is 5.29. The monoisotopic (exact) mass is 400 g/mol. The molecule has 0 aromatic carbocycles. The Bertz CT molecular complexity index is 582. The Morgan fingerprint density at radius 2 is 1.23 bits per heavy atom. The van der Waals surface area contributed by atoms with E-state index in [1.807, 2.05) is 0 Å². The van der Waals surface area contributed by atoms with E-state index in [4.69, 9.17) is 77.2 Å². The van der Waals surface area contributed by atoms with E-state index in [0.29, 0.717) is 5.17 Å². The average molecular weight is 400 g/mol. The number of quaternary nitrogens is 6. The Balaban J connectivity index is 2.05. The van der Waals surface area contributed by atoms with Gasteiger partial charge in [-0.25, -0.2) is 5.84 Å². The SMILES string of the molecule is NN1O[N+]2(N)O[N+]3(N)O[N+](N)(O)O[N+](N)(N)O[N+](N)(O[N+](N)(N)O[C@H]12)O3. The molecule has 0 amide bonds. The lowest BCUT2D eigenvalue weighted by Crippen LogP contribution is -2.86. The van der Waals surface area contributed by atoms with Gasteiger partial charge < -0.3 is 0 Å². The molecule has 0 aliphatic carbocycles. The third kappa shape index (κ3) is 3.68. The highest BCUT2D eigenvalue weighted by Gasteiger charge is 2.80. The van der Waals surface area contributed by atoms with Crippen molar-refractivity contribution >= 4 is 0 Å². The van der Waals surface area contributed by atoms with Crippen LogP contribution in [0.2, 0.25) is 0 Å². The molecule has 25 nitrogen and oxygen atoms in total. The molecule has 0 saturated carbocycles. The highest BCUT2D eigenvalue weighted by molar-refractivity contribution is 4.25. The Morgan fingerprint density at radius 3 is 1.81 bits per heavy atom. The molecular formula is CH20N16O9+6. The molecule has 0 radical (unpaired) electrons. The first kappa shape index (κ1) is 19.8. The van der Waals surface area contributed by atoms with Gasteiger partial charge in [0, 0.05) is 5.17 Å². The summed E-state index contributed by atoms with van der Waals surface area (Å²) in [7, 11) is 0. The number of hydrogen-bond acceptors (Lipinski definition) is 19. The van der Waals surface area contributed by atoms with Crippen molar-refractivity contribution in [2.45, 2.75) is 6.35 Å². The minimum atomic E-state index is -2.51. The summed E-state index contributed by atoms with van der Waals surface area (Å²) >= 11 is 0. The van der Waals surface area contributed by atoms with Crippen LogP contribution in [-0.2, 0) is 39.4 Å². The molecule has 3 aliphatic heterocycles. The van der Waals surface area contributed by atoms with Crippen LogP contribution in [-0.4, -0.2) is 47.0 Å². The Labute approximate surface area is 140 Å². The molecule has 0 spiro atoms. The third-order valence-electron chi connectivity index (χ3n) is 2.43. The number of rotatable bonds is 0. The fraction of sp³-hybridized carbons (Fsp3) is 1.00. The van der Waals surface area contributed by atoms with Gasteiger partial charge in [0.15, 0.2) is 29.7 Å². The predicted molar refractivity (Wildman–Crippen MR) is 55.3 cm³/mol. The van der Waals surface area contributed by atoms with Gasteiger partial charge in [-0.1, -0.05) is 40.9 Å². The molecule has 3 heterocycles. The molecule has 26 heavy (non-hydrogen) atoms. The molecule has 3 rings (SSSR count). The number of hydrogen-bond donors (Lipinski definition) is 10. The van der Waals surface area contributed by atoms with Gasteiger partial charge in [0.05, 0.1) is 0 Å². The van der Waals surface area contributed by atoms with Crippen LogP contribution in [0.15, 0.2) is 0 Å². The highest BCUT2D eigenvalue weighted by atomic mass is 17.6. The first-order valence-corrected chi connectivity index (χ1v) is 6.01. The lowest BCUT2D eigenvalue weighted by atomic mass is 10.9. The van der Waals surface area contributed by atoms with Crippen molar-refractivity contribution in [3.63, 3.8) is 0 Å². The number of nitrogens with zero attached hydrogens (tertiary/aromatic N) is 7. The third-order valence-corrected chi connectivity index (χ3v) is 2.43. The summed E-state index contributed by atoms with van der Waals surface area (Å²) in [4.78, 5) is 36.1. The van der Waals surface area contributed by atoms with Crippen molar-refractivity contribution in [1.29, 1.82) is 0 Å². The maximum Gasteiger partial charge on any atom is 0.440 e. The van der Waals surface area contributed by atoms with Crippen LogP contribution in [0.1, 0.15) is 0 Å². The minimum absolute atomic E-state index is 0.448. The van der Waals surface area contributed by atoms with Gasteiger partial charge in [0.2, 0.25) is 14.9 Å². The zero-order valence-electron chi connectivity index (χ0n) is 12.6. The Kier molecular flexibility index (Phi) is 4.02. The molecule has 4 unspecified atom stereocenters. The van der Waals surface area contributed by atoms with Crippen molar-refractivity contribution < 1.29 is 74.8 Å². The molecule has 152 valence electrons. The molecule has 3 aliphatic rings. The summed E-state index contributed by atoms with van der Waals surface area (Å²) in [6, 6.07) is 0. The fourth-order valence-electron chi connectivity index (χ4n) is 1.84. The van der Waals surface area contributed by atoms with E-state index in [2.05, 4.69) is 14.8 Å². The van der Waals surface area contributed by atoms with Gasteiger partial charge in [-0.05, 0) is 9.78 Å². The van der Waals surface area contributed by atoms with Crippen molar-refractivity contribution in [2.24, 2.45) is 52.6 Å². The van der Waals surface area contributed by atoms with Crippen molar-refractivity contribution in [1.82, 2.24) is 5.17 Å². The van der Waals surface area contributed by atoms with Gasteiger partial charge in [-0.15, -0.1) is 11.0 Å². The number of hydrazine groups is 1. The first-order valence-electron chi connectivity index (χ1n) is 6.01. The van der Waals surface area contributed by atoms with Crippen LogP contribution in [0, 0.1) is 0 Å². The lowest BCUT2D eigenvalue weighted by Gasteiger charge is -2.39. The summed E-state index contributed by atoms with van der Waals surface area (Å²) in [5, 5.41) is -0.976. The maximum atomic E-state index is 9.78. The molecular weight excluding hydrogens is 380 g/mol. The van der Waals surface area contributed by atoms with Gasteiger partial charge >= 0.3 is 16.5 Å². The van der Waals surface area contributed by atoms with Crippen LogP contribution in [0.3, 0.4) is 0 Å². The molecule has 2 bridgehead atoms. The minimum Gasteiger partial charge on any atom is -0.232 e. The molecule has 3 fully saturated rings. The molecule has 0 aromatic heterocycles. The van der Waals surface area contributed by atoms with Crippen molar-refractivity contribution in [3.8, 4) is 0 Å². The highest BCUT2D eigenvalue weighted by Crippen LogP contribution is 2.34. The molecule has 25 heteroatoms. The predicted octanol–water partition coefficient (Wildman–Crippen LogP) is -8.38. The van der Waals surface area contributed by atoms with Crippen LogP contribution in [0.25, 0.3) is 0 Å². The summed E-state index contributed by atoms with van der Waals surface area (Å²) < 4.78 is 0. The smallest absolute Gasteiger partial charge is 0.232 e. The lowest BCUT2D eigenvalue weighted by molar-refractivity contribution is -1.79. The first-order chi connectivity index (χ1) is 11.5. The summed E-state index contributed by atoms with van der Waals surface area (Å²) in [6.45, 7) is 0. The van der Waals surface area contributed by atoms with Gasteiger partial charge in [0.1, 0.15) is 0 Å². The van der Waals surface area contributed by atoms with E-state index in [-0.39, 0.29) is 0 Å². The molecule has 5 atom stereocenters. The number of nitrogens with two attached hydrogens (primary N) is 9. The number of hydroxylamine groups is 3. The van der Waals surface area contributed by atoms with Gasteiger partial charge in [0.25, 0.3) is 5.08 Å². The second-order valence-electron chi connectivity index (χ2n) is 4.94. The number of fused-ring (bicyclic) bond motifs is 3. The van der Waals surface area contributed by atoms with Crippen molar-refractivity contribution in [2.75, 3.05) is 0 Å². The average Bonchev–Trinajstić information content (AvgIpc) is 2.29. The van der Waals surface area contributed by atoms with E-state index in [1.165, 1.54) is 0 Å². The van der Waals surface area contributed by atoms with Crippen LogP contribution in [0.4, 0.5) is 0 Å². The van der Waals surface area contributed by atoms with E-state index >= 15 is 0 Å². The Hall–Kier alpha value is -1.00. The summed E-state index contributed by atoms with van der Waals surface area (Å²) in [6.07, 6.45) is -1.69. The zero-order chi connectivity index (χ0) is 19.8. The normalized spacial score (nSPS) is 51.7. The van der Waals surface area contributed by atoms with E-state index < -0.39 is 36.6 Å². The van der Waals surface area contributed by atoms with E-state index in [1.54, 1.807) is 0 Å². The molecule has 0 aromatic rings.